The number of carbonyl (C=O) groups excluding carboxylic acids is 2. The van der Waals surface area contributed by atoms with Crippen molar-refractivity contribution in [2.24, 2.45) is 46.3 Å². The Kier molecular flexibility index (Phi) is 4.95. The second-order valence-electron chi connectivity index (χ2n) is 13.8. The summed E-state index contributed by atoms with van der Waals surface area (Å²) >= 11 is 0. The second kappa shape index (κ2) is 7.70. The lowest BCUT2D eigenvalue weighted by Gasteiger charge is -2.57. The summed E-state index contributed by atoms with van der Waals surface area (Å²) < 4.78 is 0. The quantitative estimate of drug-likeness (QED) is 0.691. The van der Waals surface area contributed by atoms with Crippen LogP contribution in [0.15, 0.2) is 0 Å². The molecule has 1 aliphatic heterocycles. The first-order valence-corrected chi connectivity index (χ1v) is 14.3. The first kappa shape index (κ1) is 21.2. The fourth-order valence-electron chi connectivity index (χ4n) is 10.8. The fourth-order valence-corrected chi connectivity index (χ4v) is 10.8. The largest absolute Gasteiger partial charge is 0.354 e. The first-order chi connectivity index (χ1) is 16.0. The highest BCUT2D eigenvalue weighted by Gasteiger charge is 2.56. The minimum Gasteiger partial charge on any atom is -0.354 e. The Balaban J connectivity index is 0.891. The van der Waals surface area contributed by atoms with E-state index < -0.39 is 0 Å². The van der Waals surface area contributed by atoms with Gasteiger partial charge in [0, 0.05) is 44.7 Å². The van der Waals surface area contributed by atoms with Crippen molar-refractivity contribution in [1.29, 1.82) is 0 Å². The average molecular weight is 454 g/mol. The fraction of sp³-hybridized carbons (Fsp3) is 0.929. The molecule has 1 heterocycles. The summed E-state index contributed by atoms with van der Waals surface area (Å²) in [6, 6.07) is 0. The highest BCUT2D eigenvalue weighted by atomic mass is 16.2. The average Bonchev–Trinajstić information content (AvgIpc) is 2.77. The topological polar surface area (TPSA) is 52.7 Å². The van der Waals surface area contributed by atoms with Crippen molar-refractivity contribution in [2.45, 2.75) is 77.0 Å². The summed E-state index contributed by atoms with van der Waals surface area (Å²) in [5.41, 5.74) is -0.0273. The van der Waals surface area contributed by atoms with E-state index in [-0.39, 0.29) is 10.8 Å². The molecule has 0 aromatic carbocycles. The first-order valence-electron chi connectivity index (χ1n) is 14.3. The maximum atomic E-state index is 13.6. The van der Waals surface area contributed by atoms with Crippen LogP contribution in [0.25, 0.3) is 0 Å². The molecular weight excluding hydrogens is 410 g/mol. The van der Waals surface area contributed by atoms with Crippen LogP contribution in [0.4, 0.5) is 0 Å². The third-order valence-corrected chi connectivity index (χ3v) is 11.4. The van der Waals surface area contributed by atoms with Gasteiger partial charge in [0.05, 0.1) is 5.41 Å². The lowest BCUT2D eigenvalue weighted by molar-refractivity contribution is -0.159. The van der Waals surface area contributed by atoms with Gasteiger partial charge >= 0.3 is 0 Å². The maximum absolute atomic E-state index is 13.6. The van der Waals surface area contributed by atoms with Crippen molar-refractivity contribution in [1.82, 2.24) is 15.1 Å². The van der Waals surface area contributed by atoms with E-state index in [0.717, 1.165) is 94.0 Å². The highest BCUT2D eigenvalue weighted by molar-refractivity contribution is 5.84. The van der Waals surface area contributed by atoms with Gasteiger partial charge in [0.2, 0.25) is 11.8 Å². The number of nitrogens with one attached hydrogen (secondary N) is 1. The molecule has 0 unspecified atom stereocenters. The minimum atomic E-state index is -0.0300. The molecule has 0 aromatic heterocycles. The van der Waals surface area contributed by atoms with E-state index in [1.807, 2.05) is 0 Å². The van der Waals surface area contributed by atoms with E-state index in [2.05, 4.69) is 15.1 Å². The molecule has 0 atom stereocenters. The van der Waals surface area contributed by atoms with E-state index in [1.54, 1.807) is 0 Å². The van der Waals surface area contributed by atoms with Crippen molar-refractivity contribution < 1.29 is 9.59 Å². The summed E-state index contributed by atoms with van der Waals surface area (Å²) in [6.45, 7) is 5.38. The Bertz CT molecular complexity index is 741. The van der Waals surface area contributed by atoms with Gasteiger partial charge in [-0.3, -0.25) is 14.5 Å². The lowest BCUT2D eigenvalue weighted by Crippen LogP contribution is -2.58. The molecule has 9 rings (SSSR count). The van der Waals surface area contributed by atoms with Gasteiger partial charge in [-0.1, -0.05) is 0 Å². The Morgan fingerprint density at radius 2 is 1.06 bits per heavy atom. The molecule has 0 aromatic rings. The third kappa shape index (κ3) is 3.58. The van der Waals surface area contributed by atoms with Crippen LogP contribution in [-0.4, -0.2) is 60.9 Å². The van der Waals surface area contributed by atoms with Crippen LogP contribution in [0.2, 0.25) is 0 Å². The molecule has 1 saturated heterocycles. The van der Waals surface area contributed by atoms with Gasteiger partial charge in [0.15, 0.2) is 0 Å². The number of piperazine rings is 1. The zero-order valence-corrected chi connectivity index (χ0v) is 20.4. The van der Waals surface area contributed by atoms with Crippen molar-refractivity contribution in [3.8, 4) is 0 Å². The number of carbonyl (C=O) groups is 2. The predicted octanol–water partition coefficient (Wildman–Crippen LogP) is 3.68. The van der Waals surface area contributed by atoms with Crippen LogP contribution < -0.4 is 5.32 Å². The van der Waals surface area contributed by atoms with Gasteiger partial charge in [-0.25, -0.2) is 0 Å². The summed E-state index contributed by atoms with van der Waals surface area (Å²) in [4.78, 5) is 31.5. The van der Waals surface area contributed by atoms with E-state index in [0.29, 0.717) is 11.8 Å². The number of nitrogens with zero attached hydrogens (tertiary/aromatic N) is 2. The number of hydrogen-bond donors (Lipinski definition) is 1. The van der Waals surface area contributed by atoms with Crippen LogP contribution >= 0.6 is 0 Å². The van der Waals surface area contributed by atoms with Crippen molar-refractivity contribution in [3.05, 3.63) is 0 Å². The Hall–Kier alpha value is -1.10. The molecule has 0 radical (unpaired) electrons. The monoisotopic (exact) mass is 453 g/mol. The molecule has 8 bridgehead atoms. The van der Waals surface area contributed by atoms with Gasteiger partial charge in [-0.05, 0) is 113 Å². The maximum Gasteiger partial charge on any atom is 0.228 e. The molecule has 0 spiro atoms. The summed E-state index contributed by atoms with van der Waals surface area (Å²) in [6.07, 6.45) is 15.3. The van der Waals surface area contributed by atoms with Crippen LogP contribution in [0.1, 0.15) is 77.0 Å². The van der Waals surface area contributed by atoms with Gasteiger partial charge in [0.25, 0.3) is 0 Å². The zero-order valence-electron chi connectivity index (χ0n) is 20.4. The van der Waals surface area contributed by atoms with Crippen molar-refractivity contribution in [3.63, 3.8) is 0 Å². The standard InChI is InChI=1S/C28H43N3O2/c32-25(27-13-19-7-20(14-27)9-21(8-19)15-27)29-1-2-30-3-5-31(6-4-30)26(33)28-16-22-10-23(17-28)12-24(11-22)18-28/h19-24H,1-18H2,(H,29,32). The molecular formula is C28H43N3O2. The van der Waals surface area contributed by atoms with Crippen molar-refractivity contribution >= 4 is 11.8 Å². The molecule has 5 nitrogen and oxygen atoms in total. The molecule has 8 aliphatic carbocycles. The number of rotatable bonds is 5. The second-order valence-corrected chi connectivity index (χ2v) is 13.8. The van der Waals surface area contributed by atoms with Crippen LogP contribution in [0.3, 0.4) is 0 Å². The lowest BCUT2D eigenvalue weighted by atomic mass is 9.49. The van der Waals surface area contributed by atoms with Crippen LogP contribution in [0, 0.1) is 46.3 Å². The Morgan fingerprint density at radius 3 is 1.52 bits per heavy atom. The van der Waals surface area contributed by atoms with E-state index in [9.17, 15) is 9.59 Å². The Labute approximate surface area is 199 Å². The smallest absolute Gasteiger partial charge is 0.228 e. The minimum absolute atomic E-state index is 0.00273. The Morgan fingerprint density at radius 1 is 0.636 bits per heavy atom. The van der Waals surface area contributed by atoms with Crippen LogP contribution in [-0.2, 0) is 9.59 Å². The third-order valence-electron chi connectivity index (χ3n) is 11.4. The molecule has 8 saturated carbocycles. The zero-order chi connectivity index (χ0) is 22.2. The number of hydrogen-bond acceptors (Lipinski definition) is 3. The van der Waals surface area contributed by atoms with Gasteiger partial charge in [0.1, 0.15) is 0 Å². The van der Waals surface area contributed by atoms with E-state index in [4.69, 9.17) is 0 Å². The van der Waals surface area contributed by atoms with Crippen molar-refractivity contribution in [2.75, 3.05) is 39.3 Å². The highest BCUT2D eigenvalue weighted by Crippen LogP contribution is 2.61. The SMILES string of the molecule is O=C(NCCN1CCN(C(=O)C23CC4CC(CC(C4)C2)C3)CC1)C12CC3CC(CC(C3)C1)C2. The molecule has 9 fully saturated rings. The normalized spacial score (nSPS) is 47.8. The molecule has 5 heteroatoms. The van der Waals surface area contributed by atoms with Gasteiger partial charge < -0.3 is 10.2 Å². The summed E-state index contributed by atoms with van der Waals surface area (Å²) in [5.74, 6) is 5.82. The van der Waals surface area contributed by atoms with Crippen LogP contribution in [0.5, 0.6) is 0 Å². The molecule has 1 N–H and O–H groups in total. The summed E-state index contributed by atoms with van der Waals surface area (Å²) in [5, 5.41) is 3.35. The number of amides is 2. The van der Waals surface area contributed by atoms with Gasteiger partial charge in [-0.15, -0.1) is 0 Å². The molecule has 182 valence electrons. The predicted molar refractivity (Wildman–Crippen MR) is 127 cm³/mol. The summed E-state index contributed by atoms with van der Waals surface area (Å²) in [7, 11) is 0. The molecule has 9 aliphatic rings. The van der Waals surface area contributed by atoms with E-state index in [1.165, 1.54) is 57.8 Å². The van der Waals surface area contributed by atoms with Gasteiger partial charge in [-0.2, -0.15) is 0 Å². The van der Waals surface area contributed by atoms with E-state index >= 15 is 0 Å². The molecule has 33 heavy (non-hydrogen) atoms. The molecule has 2 amide bonds.